The van der Waals surface area contributed by atoms with Gasteiger partial charge in [-0.25, -0.2) is 0 Å². The second-order valence-electron chi connectivity index (χ2n) is 1.90. The largest absolute Gasteiger partial charge is 0.382 e. The minimum absolute atomic E-state index is 0.0871. The fraction of sp³-hybridized carbons (Fsp3) is 0.200. The minimum Gasteiger partial charge on any atom is -0.382 e. The van der Waals surface area contributed by atoms with Crippen LogP contribution in [0.15, 0.2) is 0 Å². The van der Waals surface area contributed by atoms with Crippen molar-refractivity contribution in [3.63, 3.8) is 0 Å². The second-order valence-corrected chi connectivity index (χ2v) is 3.19. The molecular weight excluding hydrogens is 222 g/mol. The standard InChI is InChI=1S/C5H3ClF2N4S/c6-3-2(1-9)11-12(4(3)10)13-5(7)8/h5H,10H2. The van der Waals surface area contributed by atoms with Crippen molar-refractivity contribution in [3.05, 3.63) is 10.7 Å². The highest BCUT2D eigenvalue weighted by atomic mass is 35.5. The van der Waals surface area contributed by atoms with Crippen molar-refractivity contribution in [1.29, 1.82) is 5.26 Å². The number of rotatable bonds is 2. The summed E-state index contributed by atoms with van der Waals surface area (Å²) in [6.07, 6.45) is 0. The van der Waals surface area contributed by atoms with Crippen LogP contribution in [0.1, 0.15) is 5.69 Å². The normalized spacial score (nSPS) is 10.4. The molecule has 0 aromatic carbocycles. The summed E-state index contributed by atoms with van der Waals surface area (Å²) in [5.41, 5.74) is 5.13. The van der Waals surface area contributed by atoms with Crippen LogP contribution in [0.4, 0.5) is 14.6 Å². The first-order chi connectivity index (χ1) is 6.06. The highest BCUT2D eigenvalue weighted by molar-refractivity contribution is 7.98. The van der Waals surface area contributed by atoms with Gasteiger partial charge in [-0.2, -0.15) is 18.1 Å². The molecule has 1 aromatic rings. The zero-order chi connectivity index (χ0) is 10.0. The van der Waals surface area contributed by atoms with Crippen molar-refractivity contribution in [2.45, 2.75) is 5.76 Å². The molecular formula is C5H3ClF2N4S. The van der Waals surface area contributed by atoms with E-state index in [0.29, 0.717) is 0 Å². The summed E-state index contributed by atoms with van der Waals surface area (Å²) in [4.78, 5) is 0. The van der Waals surface area contributed by atoms with Crippen LogP contribution in [0.25, 0.3) is 0 Å². The van der Waals surface area contributed by atoms with Gasteiger partial charge in [-0.1, -0.05) is 11.6 Å². The lowest BCUT2D eigenvalue weighted by Gasteiger charge is -1.99. The molecule has 0 saturated heterocycles. The maximum absolute atomic E-state index is 11.9. The third-order valence-electron chi connectivity index (χ3n) is 1.12. The van der Waals surface area contributed by atoms with Crippen LogP contribution in [0.5, 0.6) is 0 Å². The second kappa shape index (κ2) is 3.81. The number of nitrogens with two attached hydrogens (primary N) is 1. The van der Waals surface area contributed by atoms with Crippen molar-refractivity contribution >= 4 is 29.4 Å². The highest BCUT2D eigenvalue weighted by Gasteiger charge is 2.16. The van der Waals surface area contributed by atoms with Gasteiger partial charge < -0.3 is 5.73 Å². The number of hydrogen-bond acceptors (Lipinski definition) is 4. The Balaban J connectivity index is 3.04. The van der Waals surface area contributed by atoms with Gasteiger partial charge in [-0.05, 0) is 0 Å². The summed E-state index contributed by atoms with van der Waals surface area (Å²) in [7, 11) is 0. The summed E-state index contributed by atoms with van der Waals surface area (Å²) in [6.45, 7) is 0. The lowest BCUT2D eigenvalue weighted by Crippen LogP contribution is -1.99. The molecule has 0 spiro atoms. The number of aromatic nitrogens is 2. The number of alkyl halides is 2. The van der Waals surface area contributed by atoms with E-state index in [1.54, 1.807) is 6.07 Å². The van der Waals surface area contributed by atoms with Gasteiger partial charge in [0, 0.05) is 11.9 Å². The molecule has 1 aromatic heterocycles. The Bertz CT molecular complexity index is 358. The molecule has 2 N–H and O–H groups in total. The zero-order valence-corrected chi connectivity index (χ0v) is 7.61. The predicted octanol–water partition coefficient (Wildman–Crippen LogP) is 1.71. The number of nitrogens with zero attached hydrogens (tertiary/aromatic N) is 3. The quantitative estimate of drug-likeness (QED) is 0.831. The molecule has 0 aliphatic carbocycles. The fourth-order valence-electron chi connectivity index (χ4n) is 0.621. The highest BCUT2D eigenvalue weighted by Crippen LogP contribution is 2.28. The van der Waals surface area contributed by atoms with Crippen molar-refractivity contribution in [2.75, 3.05) is 5.73 Å². The number of anilines is 1. The Morgan fingerprint density at radius 1 is 1.69 bits per heavy atom. The molecule has 1 rings (SSSR count). The Morgan fingerprint density at radius 3 is 2.69 bits per heavy atom. The average molecular weight is 225 g/mol. The van der Waals surface area contributed by atoms with E-state index in [9.17, 15) is 8.78 Å². The molecule has 0 aliphatic rings. The maximum atomic E-state index is 11.9. The van der Waals surface area contributed by atoms with E-state index in [-0.39, 0.29) is 28.5 Å². The Kier molecular flexibility index (Phi) is 2.95. The Hall–Kier alpha value is -1.00. The lowest BCUT2D eigenvalue weighted by atomic mass is 10.5. The number of nitriles is 1. The van der Waals surface area contributed by atoms with Gasteiger partial charge in [-0.15, -0.1) is 5.10 Å². The van der Waals surface area contributed by atoms with Crippen molar-refractivity contribution < 1.29 is 8.78 Å². The van der Waals surface area contributed by atoms with Crippen molar-refractivity contribution in [1.82, 2.24) is 9.19 Å². The monoisotopic (exact) mass is 224 g/mol. The van der Waals surface area contributed by atoms with Gasteiger partial charge >= 0.3 is 5.76 Å². The molecule has 0 saturated carbocycles. The molecule has 1 heterocycles. The van der Waals surface area contributed by atoms with Crippen LogP contribution in [-0.4, -0.2) is 14.9 Å². The first kappa shape index (κ1) is 10.1. The van der Waals surface area contributed by atoms with Crippen LogP contribution in [0, 0.1) is 11.3 Å². The molecule has 0 amide bonds. The first-order valence-corrected chi connectivity index (χ1v) is 4.17. The third-order valence-corrected chi connectivity index (χ3v) is 2.13. The van der Waals surface area contributed by atoms with Crippen LogP contribution in [0.3, 0.4) is 0 Å². The summed E-state index contributed by atoms with van der Waals surface area (Å²) in [5.74, 6) is -2.81. The van der Waals surface area contributed by atoms with E-state index in [4.69, 9.17) is 22.6 Å². The average Bonchev–Trinajstić information content (AvgIpc) is 2.32. The van der Waals surface area contributed by atoms with E-state index in [1.165, 1.54) is 0 Å². The van der Waals surface area contributed by atoms with E-state index in [1.807, 2.05) is 0 Å². The molecule has 8 heteroatoms. The molecule has 0 fully saturated rings. The van der Waals surface area contributed by atoms with E-state index >= 15 is 0 Å². The SMILES string of the molecule is N#Cc1nn(SC(F)F)c(N)c1Cl. The smallest absolute Gasteiger partial charge is 0.304 e. The minimum atomic E-state index is -2.66. The predicted molar refractivity (Wildman–Crippen MR) is 45.4 cm³/mol. The zero-order valence-electron chi connectivity index (χ0n) is 6.04. The van der Waals surface area contributed by atoms with Gasteiger partial charge in [-0.3, -0.25) is 0 Å². The van der Waals surface area contributed by atoms with Crippen LogP contribution in [-0.2, 0) is 0 Å². The molecule has 0 bridgehead atoms. The molecule has 0 aliphatic heterocycles. The van der Waals surface area contributed by atoms with Crippen LogP contribution in [0.2, 0.25) is 5.02 Å². The van der Waals surface area contributed by atoms with Gasteiger partial charge in [0.1, 0.15) is 11.1 Å². The third kappa shape index (κ3) is 2.02. The van der Waals surface area contributed by atoms with Crippen LogP contribution < -0.4 is 5.73 Å². The van der Waals surface area contributed by atoms with Crippen molar-refractivity contribution in [3.8, 4) is 6.07 Å². The lowest BCUT2D eigenvalue weighted by molar-refractivity contribution is 0.251. The Labute approximate surface area is 81.4 Å². The fourth-order valence-corrected chi connectivity index (χ4v) is 1.32. The number of hydrogen-bond donors (Lipinski definition) is 1. The van der Waals surface area contributed by atoms with Gasteiger partial charge in [0.2, 0.25) is 0 Å². The van der Waals surface area contributed by atoms with Gasteiger partial charge in [0.05, 0.1) is 0 Å². The molecule has 0 unspecified atom stereocenters. The van der Waals surface area contributed by atoms with E-state index in [0.717, 1.165) is 4.09 Å². The first-order valence-electron chi connectivity index (χ1n) is 2.95. The van der Waals surface area contributed by atoms with Gasteiger partial charge in [0.25, 0.3) is 0 Å². The van der Waals surface area contributed by atoms with E-state index in [2.05, 4.69) is 5.10 Å². The molecule has 0 atom stereocenters. The molecule has 0 radical (unpaired) electrons. The molecule has 70 valence electrons. The molecule has 13 heavy (non-hydrogen) atoms. The number of nitrogen functional groups attached to an aromatic ring is 1. The van der Waals surface area contributed by atoms with E-state index < -0.39 is 5.76 Å². The summed E-state index contributed by atoms with van der Waals surface area (Å²) in [6, 6.07) is 1.63. The summed E-state index contributed by atoms with van der Waals surface area (Å²) < 4.78 is 24.5. The number of halogens is 3. The maximum Gasteiger partial charge on any atom is 0.304 e. The van der Waals surface area contributed by atoms with Crippen LogP contribution >= 0.6 is 23.5 Å². The molecule has 4 nitrogen and oxygen atoms in total. The summed E-state index contributed by atoms with van der Waals surface area (Å²) in [5, 5.41) is 11.8. The van der Waals surface area contributed by atoms with Gasteiger partial charge in [0.15, 0.2) is 11.5 Å². The van der Waals surface area contributed by atoms with Crippen molar-refractivity contribution in [2.24, 2.45) is 0 Å². The topological polar surface area (TPSA) is 67.6 Å². The summed E-state index contributed by atoms with van der Waals surface area (Å²) >= 11 is 5.60. The Morgan fingerprint density at radius 2 is 2.31 bits per heavy atom.